The van der Waals surface area contributed by atoms with Crippen LogP contribution in [0.15, 0.2) is 29.6 Å². The van der Waals surface area contributed by atoms with E-state index in [9.17, 15) is 31.1 Å². The van der Waals surface area contributed by atoms with E-state index in [4.69, 9.17) is 0 Å². The minimum atomic E-state index is -5.00. The summed E-state index contributed by atoms with van der Waals surface area (Å²) in [6.45, 7) is 3.10. The van der Waals surface area contributed by atoms with Crippen molar-refractivity contribution in [3.8, 4) is 0 Å². The standard InChI is InChI=1S/C20H20F6N2OS/c1-11-4-6-30-17(11)15-10-27-5-3-16(15)28(2)18(29)12-7-13(19(21,22)23)9-14(8-12)20(24,25)26/h4,6-9,15-16,27H,3,5,10H2,1-2H3/t15-,16-/m1/s1. The van der Waals surface area contributed by atoms with Gasteiger partial charge in [0.05, 0.1) is 11.1 Å². The molecule has 1 aliphatic rings. The van der Waals surface area contributed by atoms with Gasteiger partial charge in [-0.2, -0.15) is 26.3 Å². The number of nitrogens with one attached hydrogen (secondary N) is 1. The van der Waals surface area contributed by atoms with Gasteiger partial charge in [0.15, 0.2) is 0 Å². The van der Waals surface area contributed by atoms with Crippen molar-refractivity contribution >= 4 is 17.2 Å². The Kier molecular flexibility index (Phi) is 6.20. The van der Waals surface area contributed by atoms with Gasteiger partial charge in [-0.1, -0.05) is 0 Å². The van der Waals surface area contributed by atoms with Gasteiger partial charge < -0.3 is 10.2 Å². The van der Waals surface area contributed by atoms with Gasteiger partial charge in [0.1, 0.15) is 0 Å². The molecule has 0 bridgehead atoms. The Morgan fingerprint density at radius 1 is 1.10 bits per heavy atom. The number of nitrogens with zero attached hydrogens (tertiary/aromatic N) is 1. The molecular weight excluding hydrogens is 430 g/mol. The molecule has 3 nitrogen and oxygen atoms in total. The molecule has 0 saturated carbocycles. The Bertz CT molecular complexity index is 889. The molecule has 1 N–H and O–H groups in total. The fraction of sp³-hybridized carbons (Fsp3) is 0.450. The van der Waals surface area contributed by atoms with Gasteiger partial charge in [0.25, 0.3) is 5.91 Å². The topological polar surface area (TPSA) is 32.3 Å². The summed E-state index contributed by atoms with van der Waals surface area (Å²) in [6, 6.07) is 2.59. The second-order valence-corrected chi connectivity index (χ2v) is 8.29. The van der Waals surface area contributed by atoms with Crippen molar-refractivity contribution in [2.45, 2.75) is 37.7 Å². The van der Waals surface area contributed by atoms with Crippen molar-refractivity contribution in [2.75, 3.05) is 20.1 Å². The van der Waals surface area contributed by atoms with Crippen LogP contribution in [0, 0.1) is 6.92 Å². The van der Waals surface area contributed by atoms with Crippen LogP contribution < -0.4 is 5.32 Å². The maximum absolute atomic E-state index is 13.1. The van der Waals surface area contributed by atoms with E-state index in [1.807, 2.05) is 18.4 Å². The zero-order valence-electron chi connectivity index (χ0n) is 16.2. The lowest BCUT2D eigenvalue weighted by Crippen LogP contribution is -2.49. The molecule has 1 aliphatic heterocycles. The molecule has 0 unspecified atom stereocenters. The number of carbonyl (C=O) groups excluding carboxylic acids is 1. The van der Waals surface area contributed by atoms with Gasteiger partial charge >= 0.3 is 12.4 Å². The third-order valence-electron chi connectivity index (χ3n) is 5.34. The Balaban J connectivity index is 1.97. The van der Waals surface area contributed by atoms with E-state index in [-0.39, 0.29) is 18.0 Å². The number of rotatable bonds is 3. The lowest BCUT2D eigenvalue weighted by atomic mass is 9.89. The van der Waals surface area contributed by atoms with Gasteiger partial charge in [0.2, 0.25) is 0 Å². The quantitative estimate of drug-likeness (QED) is 0.643. The highest BCUT2D eigenvalue weighted by Gasteiger charge is 2.39. The first-order valence-electron chi connectivity index (χ1n) is 9.21. The highest BCUT2D eigenvalue weighted by molar-refractivity contribution is 7.10. The minimum Gasteiger partial charge on any atom is -0.338 e. The van der Waals surface area contributed by atoms with Gasteiger partial charge in [0, 0.05) is 36.0 Å². The average molecular weight is 450 g/mol. The third kappa shape index (κ3) is 4.64. The highest BCUT2D eigenvalue weighted by Crippen LogP contribution is 2.38. The van der Waals surface area contributed by atoms with Crippen LogP contribution in [-0.2, 0) is 12.4 Å². The predicted molar refractivity (Wildman–Crippen MR) is 102 cm³/mol. The molecule has 3 rings (SSSR count). The van der Waals surface area contributed by atoms with Gasteiger partial charge in [-0.25, -0.2) is 0 Å². The van der Waals surface area contributed by atoms with Crippen LogP contribution in [0.4, 0.5) is 26.3 Å². The van der Waals surface area contributed by atoms with Crippen molar-refractivity contribution in [2.24, 2.45) is 0 Å². The van der Waals surface area contributed by atoms with Crippen molar-refractivity contribution < 1.29 is 31.1 Å². The number of amides is 1. The van der Waals surface area contributed by atoms with Crippen molar-refractivity contribution in [1.29, 1.82) is 0 Å². The Hall–Kier alpha value is -2.07. The average Bonchev–Trinajstić information content (AvgIpc) is 3.11. The highest BCUT2D eigenvalue weighted by atomic mass is 32.1. The smallest absolute Gasteiger partial charge is 0.338 e. The number of benzene rings is 1. The second-order valence-electron chi connectivity index (χ2n) is 7.35. The van der Waals surface area contributed by atoms with Crippen LogP contribution in [0.2, 0.25) is 0 Å². The molecule has 1 aromatic heterocycles. The molecule has 1 saturated heterocycles. The van der Waals surface area contributed by atoms with Crippen molar-refractivity contribution in [3.05, 3.63) is 56.8 Å². The predicted octanol–water partition coefficient (Wildman–Crippen LogP) is 5.31. The molecule has 0 spiro atoms. The number of halogens is 6. The van der Waals surface area contributed by atoms with E-state index in [1.165, 1.54) is 23.3 Å². The number of thiophene rings is 1. The summed E-state index contributed by atoms with van der Waals surface area (Å²) in [4.78, 5) is 15.3. The number of hydrogen-bond acceptors (Lipinski definition) is 3. The van der Waals surface area contributed by atoms with E-state index in [0.29, 0.717) is 31.6 Å². The summed E-state index contributed by atoms with van der Waals surface area (Å²) in [5.41, 5.74) is -2.58. The molecular formula is C20H20F6N2OS. The lowest BCUT2D eigenvalue weighted by molar-refractivity contribution is -0.143. The van der Waals surface area contributed by atoms with E-state index in [0.717, 1.165) is 10.4 Å². The Labute approximate surface area is 173 Å². The van der Waals surface area contributed by atoms with Crippen LogP contribution in [0.5, 0.6) is 0 Å². The van der Waals surface area contributed by atoms with Crippen molar-refractivity contribution in [3.63, 3.8) is 0 Å². The fourth-order valence-corrected chi connectivity index (χ4v) is 4.86. The Morgan fingerprint density at radius 2 is 1.70 bits per heavy atom. The molecule has 1 aromatic carbocycles. The van der Waals surface area contributed by atoms with E-state index in [2.05, 4.69) is 5.32 Å². The van der Waals surface area contributed by atoms with Crippen LogP contribution in [0.1, 0.15) is 44.3 Å². The molecule has 164 valence electrons. The SMILES string of the molecule is Cc1ccsc1[C@@H]1CNCC[C@H]1N(C)C(=O)c1cc(C(F)(F)F)cc(C(F)(F)F)c1. The second kappa shape index (κ2) is 8.22. The van der Waals surface area contributed by atoms with Crippen molar-refractivity contribution in [1.82, 2.24) is 10.2 Å². The maximum atomic E-state index is 13.1. The van der Waals surface area contributed by atoms with Crippen LogP contribution in [0.25, 0.3) is 0 Å². The molecule has 1 amide bonds. The zero-order valence-corrected chi connectivity index (χ0v) is 17.0. The van der Waals surface area contributed by atoms with Gasteiger partial charge in [-0.15, -0.1) is 11.3 Å². The molecule has 1 fully saturated rings. The van der Waals surface area contributed by atoms with Crippen LogP contribution in [-0.4, -0.2) is 37.0 Å². The first-order chi connectivity index (χ1) is 13.9. The van der Waals surface area contributed by atoms with E-state index >= 15 is 0 Å². The van der Waals surface area contributed by atoms with Gasteiger partial charge in [-0.05, 0) is 55.1 Å². The monoisotopic (exact) mass is 450 g/mol. The summed E-state index contributed by atoms with van der Waals surface area (Å²) in [5, 5.41) is 5.16. The number of carbonyl (C=O) groups is 1. The van der Waals surface area contributed by atoms with Crippen LogP contribution in [0.3, 0.4) is 0 Å². The Morgan fingerprint density at radius 3 is 2.20 bits per heavy atom. The minimum absolute atomic E-state index is 0.0269. The largest absolute Gasteiger partial charge is 0.416 e. The first-order valence-corrected chi connectivity index (χ1v) is 10.1. The normalized spacial score (nSPS) is 20.3. The fourth-order valence-electron chi connectivity index (χ4n) is 3.77. The summed E-state index contributed by atoms with van der Waals surface area (Å²) in [5.74, 6) is -0.960. The number of piperidine rings is 1. The molecule has 0 aliphatic carbocycles. The summed E-state index contributed by atoms with van der Waals surface area (Å²) >= 11 is 1.52. The number of hydrogen-bond donors (Lipinski definition) is 1. The molecule has 10 heteroatoms. The van der Waals surface area contributed by atoms with E-state index in [1.54, 1.807) is 0 Å². The molecule has 2 atom stereocenters. The molecule has 2 heterocycles. The molecule has 0 radical (unpaired) electrons. The van der Waals surface area contributed by atoms with E-state index < -0.39 is 35.0 Å². The summed E-state index contributed by atoms with van der Waals surface area (Å²) in [7, 11) is 1.43. The molecule has 30 heavy (non-hydrogen) atoms. The zero-order chi connectivity index (χ0) is 22.3. The lowest BCUT2D eigenvalue weighted by Gasteiger charge is -2.38. The number of aryl methyl sites for hydroxylation is 1. The van der Waals surface area contributed by atoms with Crippen LogP contribution >= 0.6 is 11.3 Å². The summed E-state index contributed by atoms with van der Waals surface area (Å²) in [6.07, 6.45) is -9.46. The third-order valence-corrected chi connectivity index (χ3v) is 6.49. The number of likely N-dealkylation sites (N-methyl/N-ethyl adjacent to an activating group) is 1. The van der Waals surface area contributed by atoms with Gasteiger partial charge in [-0.3, -0.25) is 4.79 Å². The first kappa shape index (κ1) is 22.6. The summed E-state index contributed by atoms with van der Waals surface area (Å²) < 4.78 is 78.9. The maximum Gasteiger partial charge on any atom is 0.416 e. The molecule has 2 aromatic rings. The number of alkyl halides is 6.